The Morgan fingerprint density at radius 3 is 2.12 bits per heavy atom. The van der Waals surface area contributed by atoms with E-state index in [4.69, 9.17) is 9.47 Å². The highest BCUT2D eigenvalue weighted by Gasteiger charge is 2.30. The van der Waals surface area contributed by atoms with Crippen molar-refractivity contribution in [1.29, 1.82) is 0 Å². The first-order valence-electron chi connectivity index (χ1n) is 9.87. The average molecular weight is 479 g/mol. The predicted octanol–water partition coefficient (Wildman–Crippen LogP) is 2.45. The summed E-state index contributed by atoms with van der Waals surface area (Å²) in [6, 6.07) is 8.93. The molecule has 33 heavy (non-hydrogen) atoms. The van der Waals surface area contributed by atoms with Crippen LogP contribution in [0.25, 0.3) is 0 Å². The summed E-state index contributed by atoms with van der Waals surface area (Å²) in [4.78, 5) is 37.1. The third kappa shape index (κ3) is 6.22. The van der Waals surface area contributed by atoms with Crippen molar-refractivity contribution >= 4 is 39.2 Å². The maximum Gasteiger partial charge on any atom is 0.339 e. The van der Waals surface area contributed by atoms with Crippen LogP contribution in [0.5, 0.6) is 5.75 Å². The van der Waals surface area contributed by atoms with E-state index in [-0.39, 0.29) is 22.5 Å². The molecule has 0 saturated heterocycles. The van der Waals surface area contributed by atoms with Crippen molar-refractivity contribution in [3.05, 3.63) is 53.6 Å². The summed E-state index contributed by atoms with van der Waals surface area (Å²) in [5, 5.41) is 2.52. The van der Waals surface area contributed by atoms with Crippen LogP contribution in [0, 0.1) is 0 Å². The van der Waals surface area contributed by atoms with Crippen LogP contribution in [0.3, 0.4) is 0 Å². The molecule has 2 aromatic rings. The average Bonchev–Trinajstić information content (AvgIpc) is 2.78. The predicted molar refractivity (Wildman–Crippen MR) is 122 cm³/mol. The monoisotopic (exact) mass is 478 g/mol. The highest BCUT2D eigenvalue weighted by Crippen LogP contribution is 2.26. The molecule has 0 aliphatic carbocycles. The van der Waals surface area contributed by atoms with Crippen LogP contribution in [0.2, 0.25) is 0 Å². The van der Waals surface area contributed by atoms with E-state index in [9.17, 15) is 22.8 Å². The summed E-state index contributed by atoms with van der Waals surface area (Å²) in [5.41, 5.74) is 0.291. The molecule has 0 fully saturated rings. The lowest BCUT2D eigenvalue weighted by Crippen LogP contribution is -2.45. The lowest BCUT2D eigenvalue weighted by molar-refractivity contribution is -0.116. The molecule has 0 aliphatic heterocycles. The molecular weight excluding hydrogens is 452 g/mol. The molecule has 1 amide bonds. The van der Waals surface area contributed by atoms with Crippen molar-refractivity contribution in [3.63, 3.8) is 0 Å². The maximum atomic E-state index is 13.0. The SMILES string of the molecule is CCOc1ccc(N(C(C)C(=O)Nc2cc(C(=O)OC)ccc2C(=O)OC)S(C)(=O)=O)cc1. The normalized spacial score (nSPS) is 11.8. The molecule has 2 rings (SSSR count). The van der Waals surface area contributed by atoms with Crippen molar-refractivity contribution in [1.82, 2.24) is 0 Å². The minimum atomic E-state index is -3.87. The Balaban J connectivity index is 2.42. The van der Waals surface area contributed by atoms with Gasteiger partial charge in [-0.2, -0.15) is 0 Å². The summed E-state index contributed by atoms with van der Waals surface area (Å²) in [5.74, 6) is -1.61. The number of anilines is 2. The Kier molecular flexibility index (Phi) is 8.41. The zero-order valence-electron chi connectivity index (χ0n) is 18.9. The summed E-state index contributed by atoms with van der Waals surface area (Å²) in [7, 11) is -1.51. The van der Waals surface area contributed by atoms with Crippen LogP contribution in [0.15, 0.2) is 42.5 Å². The highest BCUT2D eigenvalue weighted by molar-refractivity contribution is 7.92. The van der Waals surface area contributed by atoms with Crippen LogP contribution in [-0.2, 0) is 24.3 Å². The number of sulfonamides is 1. The van der Waals surface area contributed by atoms with Crippen LogP contribution >= 0.6 is 0 Å². The molecule has 0 heterocycles. The Bertz CT molecular complexity index is 1130. The zero-order chi connectivity index (χ0) is 24.8. The fraction of sp³-hybridized carbons (Fsp3) is 0.318. The molecule has 1 N–H and O–H groups in total. The van der Waals surface area contributed by atoms with E-state index in [0.717, 1.165) is 10.6 Å². The second-order valence-electron chi connectivity index (χ2n) is 6.89. The first kappa shape index (κ1) is 25.7. The topological polar surface area (TPSA) is 128 Å². The molecule has 2 aromatic carbocycles. The van der Waals surface area contributed by atoms with Crippen molar-refractivity contribution < 1.29 is 37.0 Å². The highest BCUT2D eigenvalue weighted by atomic mass is 32.2. The summed E-state index contributed by atoms with van der Waals surface area (Å²) >= 11 is 0. The van der Waals surface area contributed by atoms with E-state index < -0.39 is 33.9 Å². The third-order valence-electron chi connectivity index (χ3n) is 4.59. The molecule has 0 bridgehead atoms. The van der Waals surface area contributed by atoms with Gasteiger partial charge in [-0.3, -0.25) is 9.10 Å². The number of esters is 2. The Hall–Kier alpha value is -3.60. The fourth-order valence-electron chi connectivity index (χ4n) is 3.08. The van der Waals surface area contributed by atoms with E-state index >= 15 is 0 Å². The van der Waals surface area contributed by atoms with E-state index in [0.29, 0.717) is 12.4 Å². The van der Waals surface area contributed by atoms with E-state index in [2.05, 4.69) is 10.1 Å². The second kappa shape index (κ2) is 10.8. The number of hydrogen-bond acceptors (Lipinski definition) is 8. The number of carbonyl (C=O) groups excluding carboxylic acids is 3. The third-order valence-corrected chi connectivity index (χ3v) is 5.84. The Labute approximate surface area is 192 Å². The minimum absolute atomic E-state index is 0.0160. The second-order valence-corrected chi connectivity index (χ2v) is 8.75. The van der Waals surface area contributed by atoms with Gasteiger partial charge in [0.05, 0.1) is 49.6 Å². The zero-order valence-corrected chi connectivity index (χ0v) is 19.8. The molecular formula is C22H26N2O8S. The smallest absolute Gasteiger partial charge is 0.339 e. The largest absolute Gasteiger partial charge is 0.494 e. The number of methoxy groups -OCH3 is 2. The number of carbonyl (C=O) groups is 3. The molecule has 1 atom stereocenters. The van der Waals surface area contributed by atoms with E-state index in [1.54, 1.807) is 12.1 Å². The van der Waals surface area contributed by atoms with Crippen LogP contribution in [0.1, 0.15) is 34.6 Å². The lowest BCUT2D eigenvalue weighted by atomic mass is 10.1. The summed E-state index contributed by atoms with van der Waals surface area (Å²) in [6.07, 6.45) is 0.977. The van der Waals surface area contributed by atoms with Gasteiger partial charge in [0.25, 0.3) is 0 Å². The van der Waals surface area contributed by atoms with Gasteiger partial charge in [0.1, 0.15) is 11.8 Å². The fourth-order valence-corrected chi connectivity index (χ4v) is 4.26. The number of benzene rings is 2. The van der Waals surface area contributed by atoms with Gasteiger partial charge in [0.2, 0.25) is 15.9 Å². The molecule has 11 heteroatoms. The summed E-state index contributed by atoms with van der Waals surface area (Å²) < 4.78 is 40.8. The number of ether oxygens (including phenoxy) is 3. The van der Waals surface area contributed by atoms with Gasteiger partial charge in [-0.1, -0.05) is 0 Å². The van der Waals surface area contributed by atoms with Gasteiger partial charge < -0.3 is 19.5 Å². The van der Waals surface area contributed by atoms with Gasteiger partial charge in [-0.05, 0) is 56.3 Å². The van der Waals surface area contributed by atoms with Crippen LogP contribution in [0.4, 0.5) is 11.4 Å². The molecule has 1 unspecified atom stereocenters. The molecule has 0 saturated carbocycles. The standard InChI is InChI=1S/C22H26N2O8S/c1-6-32-17-10-8-16(9-11-17)24(33(5,28)29)14(2)20(25)23-19-13-15(21(26)30-3)7-12-18(19)22(27)31-4/h7-14H,6H2,1-5H3,(H,23,25). The number of amides is 1. The van der Waals surface area contributed by atoms with Crippen molar-refractivity contribution in [3.8, 4) is 5.75 Å². The Morgan fingerprint density at radius 2 is 1.61 bits per heavy atom. The summed E-state index contributed by atoms with van der Waals surface area (Å²) in [6.45, 7) is 3.66. The lowest BCUT2D eigenvalue weighted by Gasteiger charge is -2.28. The first-order chi connectivity index (χ1) is 15.5. The van der Waals surface area contributed by atoms with Gasteiger partial charge in [0.15, 0.2) is 0 Å². The van der Waals surface area contributed by atoms with Gasteiger partial charge in [-0.15, -0.1) is 0 Å². The van der Waals surface area contributed by atoms with E-state index in [1.807, 2.05) is 6.92 Å². The number of nitrogens with one attached hydrogen (secondary N) is 1. The molecule has 10 nitrogen and oxygen atoms in total. The molecule has 0 radical (unpaired) electrons. The van der Waals surface area contributed by atoms with Crippen LogP contribution in [-0.4, -0.2) is 59.4 Å². The quantitative estimate of drug-likeness (QED) is 0.544. The molecule has 0 aromatic heterocycles. The van der Waals surface area contributed by atoms with Gasteiger partial charge in [0, 0.05) is 0 Å². The molecule has 178 valence electrons. The van der Waals surface area contributed by atoms with E-state index in [1.165, 1.54) is 51.5 Å². The number of nitrogens with zero attached hydrogens (tertiary/aromatic N) is 1. The minimum Gasteiger partial charge on any atom is -0.494 e. The van der Waals surface area contributed by atoms with Crippen molar-refractivity contribution in [2.24, 2.45) is 0 Å². The maximum absolute atomic E-state index is 13.0. The van der Waals surface area contributed by atoms with Gasteiger partial charge >= 0.3 is 11.9 Å². The van der Waals surface area contributed by atoms with Gasteiger partial charge in [-0.25, -0.2) is 18.0 Å². The number of hydrogen-bond donors (Lipinski definition) is 1. The first-order valence-corrected chi connectivity index (χ1v) is 11.7. The molecule has 0 spiro atoms. The van der Waals surface area contributed by atoms with Crippen LogP contribution < -0.4 is 14.4 Å². The van der Waals surface area contributed by atoms with Crippen molar-refractivity contribution in [2.45, 2.75) is 19.9 Å². The Morgan fingerprint density at radius 1 is 1.00 bits per heavy atom. The number of rotatable bonds is 9. The molecule has 0 aliphatic rings. The van der Waals surface area contributed by atoms with Crippen molar-refractivity contribution in [2.75, 3.05) is 36.7 Å².